The van der Waals surface area contributed by atoms with Gasteiger partial charge in [0.25, 0.3) is 0 Å². The number of rotatable bonds is 7. The van der Waals surface area contributed by atoms with Crippen LogP contribution in [0.5, 0.6) is 0 Å². The van der Waals surface area contributed by atoms with E-state index in [1.54, 1.807) is 6.08 Å². The van der Waals surface area contributed by atoms with Crippen LogP contribution in [0.4, 0.5) is 0 Å². The highest BCUT2D eigenvalue weighted by Gasteiger charge is 1.88. The maximum Gasteiger partial charge on any atom is 0.307 e. The van der Waals surface area contributed by atoms with Gasteiger partial charge in [0.05, 0.1) is 6.42 Å². The van der Waals surface area contributed by atoms with Crippen molar-refractivity contribution in [1.29, 1.82) is 0 Å². The first-order valence-corrected chi connectivity index (χ1v) is 4.75. The van der Waals surface area contributed by atoms with Crippen molar-refractivity contribution in [1.82, 2.24) is 0 Å². The van der Waals surface area contributed by atoms with Gasteiger partial charge in [0.15, 0.2) is 0 Å². The summed E-state index contributed by atoms with van der Waals surface area (Å²) in [7, 11) is 0. The fourth-order valence-electron chi connectivity index (χ4n) is 0.993. The Morgan fingerprint density at radius 3 is 2.31 bits per heavy atom. The molecule has 0 aliphatic heterocycles. The second kappa shape index (κ2) is 9.04. The molecular formula is C11H18O2. The van der Waals surface area contributed by atoms with Crippen LogP contribution in [0.15, 0.2) is 24.3 Å². The highest BCUT2D eigenvalue weighted by molar-refractivity contribution is 5.68. The second-order valence-electron chi connectivity index (χ2n) is 2.92. The van der Waals surface area contributed by atoms with Gasteiger partial charge in [0.1, 0.15) is 0 Å². The third-order valence-electron chi connectivity index (χ3n) is 1.69. The molecule has 0 aliphatic rings. The minimum atomic E-state index is -0.759. The highest BCUT2D eigenvalue weighted by Crippen LogP contribution is 2.01. The predicted octanol–water partition coefficient (Wildman–Crippen LogP) is 3.15. The summed E-state index contributed by atoms with van der Waals surface area (Å²) in [5, 5.41) is 8.33. The summed E-state index contributed by atoms with van der Waals surface area (Å²) in [5.41, 5.74) is 0. The van der Waals surface area contributed by atoms with E-state index < -0.39 is 5.97 Å². The molecule has 74 valence electrons. The summed E-state index contributed by atoms with van der Waals surface area (Å²) in [5.74, 6) is -0.759. The largest absolute Gasteiger partial charge is 0.481 e. The van der Waals surface area contributed by atoms with Crippen molar-refractivity contribution < 1.29 is 9.90 Å². The van der Waals surface area contributed by atoms with Crippen LogP contribution in [0, 0.1) is 0 Å². The fourth-order valence-corrected chi connectivity index (χ4v) is 0.993. The van der Waals surface area contributed by atoms with Crippen molar-refractivity contribution in [3.8, 4) is 0 Å². The van der Waals surface area contributed by atoms with E-state index in [1.807, 2.05) is 13.0 Å². The van der Waals surface area contributed by atoms with E-state index in [2.05, 4.69) is 12.2 Å². The Morgan fingerprint density at radius 2 is 1.77 bits per heavy atom. The van der Waals surface area contributed by atoms with E-state index in [-0.39, 0.29) is 6.42 Å². The molecule has 0 aromatic heterocycles. The van der Waals surface area contributed by atoms with Crippen LogP contribution in [0.3, 0.4) is 0 Å². The van der Waals surface area contributed by atoms with E-state index in [0.29, 0.717) is 0 Å². The summed E-state index contributed by atoms with van der Waals surface area (Å²) in [6.45, 7) is 2.02. The van der Waals surface area contributed by atoms with Crippen molar-refractivity contribution in [2.24, 2.45) is 0 Å². The first-order chi connectivity index (χ1) is 6.27. The zero-order chi connectivity index (χ0) is 9.94. The van der Waals surface area contributed by atoms with Gasteiger partial charge in [-0.2, -0.15) is 0 Å². The zero-order valence-electron chi connectivity index (χ0n) is 8.20. The Labute approximate surface area is 80.0 Å². The second-order valence-corrected chi connectivity index (χ2v) is 2.92. The van der Waals surface area contributed by atoms with Gasteiger partial charge < -0.3 is 5.11 Å². The molecule has 0 atom stereocenters. The molecule has 1 N–H and O–H groups in total. The predicted molar refractivity (Wildman–Crippen MR) is 54.7 cm³/mol. The van der Waals surface area contributed by atoms with Gasteiger partial charge in [-0.1, -0.05) is 24.3 Å². The maximum absolute atomic E-state index is 10.1. The minimum Gasteiger partial charge on any atom is -0.481 e. The number of carbonyl (C=O) groups is 1. The van der Waals surface area contributed by atoms with Crippen LogP contribution < -0.4 is 0 Å². The molecule has 2 nitrogen and oxygen atoms in total. The third kappa shape index (κ3) is 10.9. The molecule has 0 heterocycles. The minimum absolute atomic E-state index is 0.148. The number of carboxylic acids is 1. The van der Waals surface area contributed by atoms with Gasteiger partial charge in [0, 0.05) is 0 Å². The smallest absolute Gasteiger partial charge is 0.307 e. The summed E-state index contributed by atoms with van der Waals surface area (Å²) >= 11 is 0. The Hall–Kier alpha value is -1.05. The molecule has 0 rings (SSSR count). The number of hydrogen-bond donors (Lipinski definition) is 1. The van der Waals surface area contributed by atoms with Crippen LogP contribution in [-0.4, -0.2) is 11.1 Å². The van der Waals surface area contributed by atoms with Crippen LogP contribution in [0.2, 0.25) is 0 Å². The van der Waals surface area contributed by atoms with Gasteiger partial charge in [-0.25, -0.2) is 0 Å². The molecule has 0 unspecified atom stereocenters. The van der Waals surface area contributed by atoms with Gasteiger partial charge >= 0.3 is 5.97 Å². The summed E-state index contributed by atoms with van der Waals surface area (Å²) in [6, 6.07) is 0. The molecule has 0 aliphatic carbocycles. The standard InChI is InChI=1S/C11H18O2/c1-2-3-4-5-6-7-8-9-10-11(12)13/h2-3,8-9H,4-7,10H2,1H3,(H,12,13)/b3-2+,9-8+. The molecule has 0 aromatic carbocycles. The van der Waals surface area contributed by atoms with Crippen LogP contribution in [-0.2, 0) is 4.79 Å². The van der Waals surface area contributed by atoms with Crippen molar-refractivity contribution in [2.45, 2.75) is 39.0 Å². The van der Waals surface area contributed by atoms with E-state index in [1.165, 1.54) is 6.42 Å². The van der Waals surface area contributed by atoms with E-state index in [0.717, 1.165) is 19.3 Å². The maximum atomic E-state index is 10.1. The number of aliphatic carboxylic acids is 1. The van der Waals surface area contributed by atoms with E-state index in [4.69, 9.17) is 5.11 Å². The number of hydrogen-bond acceptors (Lipinski definition) is 1. The Balaban J connectivity index is 3.15. The third-order valence-corrected chi connectivity index (χ3v) is 1.69. The molecule has 0 saturated carbocycles. The van der Waals surface area contributed by atoms with Crippen LogP contribution in [0.25, 0.3) is 0 Å². The lowest BCUT2D eigenvalue weighted by molar-refractivity contribution is -0.136. The first kappa shape index (κ1) is 11.9. The van der Waals surface area contributed by atoms with Gasteiger partial charge in [-0.05, 0) is 32.6 Å². The summed E-state index contributed by atoms with van der Waals surface area (Å²) in [6.07, 6.45) is 12.5. The summed E-state index contributed by atoms with van der Waals surface area (Å²) < 4.78 is 0. The molecule has 2 heteroatoms. The average Bonchev–Trinajstić information content (AvgIpc) is 2.09. The first-order valence-electron chi connectivity index (χ1n) is 4.75. The normalized spacial score (nSPS) is 11.5. The molecule has 0 bridgehead atoms. The van der Waals surface area contributed by atoms with Crippen molar-refractivity contribution in [3.05, 3.63) is 24.3 Å². The Kier molecular flexibility index (Phi) is 8.31. The topological polar surface area (TPSA) is 37.3 Å². The van der Waals surface area contributed by atoms with Crippen molar-refractivity contribution in [3.63, 3.8) is 0 Å². The van der Waals surface area contributed by atoms with Gasteiger partial charge in [0.2, 0.25) is 0 Å². The van der Waals surface area contributed by atoms with Crippen molar-refractivity contribution in [2.75, 3.05) is 0 Å². The van der Waals surface area contributed by atoms with E-state index >= 15 is 0 Å². The molecule has 13 heavy (non-hydrogen) atoms. The number of unbranched alkanes of at least 4 members (excludes halogenated alkanes) is 3. The van der Waals surface area contributed by atoms with Crippen molar-refractivity contribution >= 4 is 5.97 Å². The molecule has 0 amide bonds. The average molecular weight is 182 g/mol. The Bertz CT molecular complexity index is 181. The molecule has 0 fully saturated rings. The summed E-state index contributed by atoms with van der Waals surface area (Å²) in [4.78, 5) is 10.1. The quantitative estimate of drug-likeness (QED) is 0.485. The molecule has 0 radical (unpaired) electrons. The van der Waals surface area contributed by atoms with Gasteiger partial charge in [-0.15, -0.1) is 0 Å². The number of allylic oxidation sites excluding steroid dienone is 3. The molecule has 0 spiro atoms. The zero-order valence-corrected chi connectivity index (χ0v) is 8.20. The molecular weight excluding hydrogens is 164 g/mol. The highest BCUT2D eigenvalue weighted by atomic mass is 16.4. The monoisotopic (exact) mass is 182 g/mol. The SMILES string of the molecule is C/C=C/CCCC/C=C/CC(=O)O. The van der Waals surface area contributed by atoms with Crippen LogP contribution >= 0.6 is 0 Å². The molecule has 0 aromatic rings. The van der Waals surface area contributed by atoms with E-state index in [9.17, 15) is 4.79 Å². The van der Waals surface area contributed by atoms with Crippen LogP contribution in [0.1, 0.15) is 39.0 Å². The lowest BCUT2D eigenvalue weighted by Crippen LogP contribution is -1.89. The fraction of sp³-hybridized carbons (Fsp3) is 0.545. The molecule has 0 saturated heterocycles. The lowest BCUT2D eigenvalue weighted by atomic mass is 10.2. The lowest BCUT2D eigenvalue weighted by Gasteiger charge is -1.92. The number of carboxylic acid groups (broad SMARTS) is 1. The van der Waals surface area contributed by atoms with Gasteiger partial charge in [-0.3, -0.25) is 4.79 Å². The Morgan fingerprint density at radius 1 is 1.15 bits per heavy atom.